The maximum absolute atomic E-state index is 15.8. The van der Waals surface area contributed by atoms with E-state index in [0.717, 1.165) is 5.56 Å². The van der Waals surface area contributed by atoms with E-state index in [9.17, 15) is 18.0 Å². The summed E-state index contributed by atoms with van der Waals surface area (Å²) < 4.78 is 66.7. The van der Waals surface area contributed by atoms with Gasteiger partial charge < -0.3 is 9.47 Å². The third kappa shape index (κ3) is 5.17. The quantitative estimate of drug-likeness (QED) is 0.410. The largest absolute Gasteiger partial charge is 0.493 e. The monoisotopic (exact) mass is 493 g/mol. The number of ketones is 1. The normalized spacial score (nSPS) is 19.6. The highest BCUT2D eigenvalue weighted by Gasteiger charge is 2.42. The van der Waals surface area contributed by atoms with Gasteiger partial charge in [-0.1, -0.05) is 12.1 Å². The van der Waals surface area contributed by atoms with Gasteiger partial charge in [-0.25, -0.2) is 17.6 Å². The van der Waals surface area contributed by atoms with Gasteiger partial charge in [0.15, 0.2) is 17.3 Å². The number of likely N-dealkylation sites (tertiary alicyclic amines) is 1. The van der Waals surface area contributed by atoms with E-state index in [0.29, 0.717) is 54.2 Å². The molecule has 0 spiro atoms. The summed E-state index contributed by atoms with van der Waals surface area (Å²) in [5, 5.41) is 0. The molecule has 8 heteroatoms. The van der Waals surface area contributed by atoms with Crippen LogP contribution < -0.4 is 9.47 Å². The lowest BCUT2D eigenvalue weighted by molar-refractivity contribution is 0.0335. The molecule has 2 aromatic rings. The Morgan fingerprint density at radius 1 is 0.943 bits per heavy atom. The predicted octanol–water partition coefficient (Wildman–Crippen LogP) is 5.86. The second-order valence-corrected chi connectivity index (χ2v) is 9.55. The molecule has 1 aliphatic heterocycles. The smallest absolute Gasteiger partial charge is 0.166 e. The van der Waals surface area contributed by atoms with Crippen molar-refractivity contribution in [3.63, 3.8) is 0 Å². The zero-order chi connectivity index (χ0) is 25.2. The first-order chi connectivity index (χ1) is 16.8. The summed E-state index contributed by atoms with van der Waals surface area (Å²) in [6, 6.07) is 6.40. The fraction of sp³-hybridized carbons (Fsp3) is 0.519. The molecule has 190 valence electrons. The van der Waals surface area contributed by atoms with Crippen LogP contribution in [0, 0.1) is 5.92 Å². The number of rotatable bonds is 9. The van der Waals surface area contributed by atoms with Gasteiger partial charge in [-0.05, 0) is 65.6 Å². The minimum Gasteiger partial charge on any atom is -0.493 e. The molecule has 1 aliphatic carbocycles. The summed E-state index contributed by atoms with van der Waals surface area (Å²) in [6.07, 6.45) is 1.08. The first-order valence-electron chi connectivity index (χ1n) is 11.9. The number of nitrogens with zero attached hydrogens (tertiary/aromatic N) is 1. The molecule has 0 N–H and O–H groups in total. The molecule has 2 aliphatic rings. The zero-order valence-electron chi connectivity index (χ0n) is 20.1. The average Bonchev–Trinajstić information content (AvgIpc) is 3.17. The van der Waals surface area contributed by atoms with Crippen LogP contribution in [0.3, 0.4) is 0 Å². The van der Waals surface area contributed by atoms with Gasteiger partial charge in [-0.15, -0.1) is 0 Å². The molecule has 4 rings (SSSR count). The van der Waals surface area contributed by atoms with Crippen molar-refractivity contribution in [3.05, 3.63) is 57.6 Å². The fourth-order valence-electron chi connectivity index (χ4n) is 5.44. The minimum atomic E-state index is -1.49. The summed E-state index contributed by atoms with van der Waals surface area (Å²) in [4.78, 5) is 15.0. The highest BCUT2D eigenvalue weighted by atomic mass is 19.1. The molecule has 1 atom stereocenters. The number of carbonyl (C=O) groups excluding carboxylic acids is 1. The summed E-state index contributed by atoms with van der Waals surface area (Å²) in [7, 11) is 3.04. The van der Waals surface area contributed by atoms with E-state index in [4.69, 9.17) is 9.47 Å². The molecular formula is C27H31F4NO3. The first kappa shape index (κ1) is 25.5. The van der Waals surface area contributed by atoms with Crippen molar-refractivity contribution in [3.8, 4) is 11.5 Å². The topological polar surface area (TPSA) is 38.8 Å². The van der Waals surface area contributed by atoms with Gasteiger partial charge >= 0.3 is 0 Å². The SMILES string of the molecule is COc1cc2c(cc1OC)C(=O)C(CC1(F)CCN(Cc3cc(CF)cc(CF)c3CF)CC1)C2. The van der Waals surface area contributed by atoms with Gasteiger partial charge in [0.2, 0.25) is 0 Å². The van der Waals surface area contributed by atoms with Crippen LogP contribution in [0.4, 0.5) is 17.6 Å². The number of fused-ring (bicyclic) bond motifs is 1. The number of alkyl halides is 4. The Kier molecular flexibility index (Phi) is 7.69. The van der Waals surface area contributed by atoms with E-state index >= 15 is 4.39 Å². The molecule has 1 unspecified atom stereocenters. The second-order valence-electron chi connectivity index (χ2n) is 9.55. The van der Waals surface area contributed by atoms with Crippen molar-refractivity contribution in [1.82, 2.24) is 4.90 Å². The van der Waals surface area contributed by atoms with Crippen LogP contribution in [0.15, 0.2) is 24.3 Å². The van der Waals surface area contributed by atoms with Crippen LogP contribution in [0.25, 0.3) is 0 Å². The fourth-order valence-corrected chi connectivity index (χ4v) is 5.44. The average molecular weight is 494 g/mol. The van der Waals surface area contributed by atoms with Crippen molar-refractivity contribution in [1.29, 1.82) is 0 Å². The molecule has 35 heavy (non-hydrogen) atoms. The third-order valence-electron chi connectivity index (χ3n) is 7.40. The van der Waals surface area contributed by atoms with Crippen molar-refractivity contribution < 1.29 is 31.8 Å². The van der Waals surface area contributed by atoms with E-state index < -0.39 is 31.6 Å². The number of ether oxygens (including phenoxy) is 2. The van der Waals surface area contributed by atoms with Crippen molar-refractivity contribution in [2.75, 3.05) is 27.3 Å². The first-order valence-corrected chi connectivity index (χ1v) is 11.9. The lowest BCUT2D eigenvalue weighted by Crippen LogP contribution is -2.43. The van der Waals surface area contributed by atoms with Gasteiger partial charge in [-0.2, -0.15) is 0 Å². The number of piperidine rings is 1. The van der Waals surface area contributed by atoms with Crippen molar-refractivity contribution >= 4 is 5.78 Å². The molecule has 0 saturated carbocycles. The van der Waals surface area contributed by atoms with Crippen LogP contribution >= 0.6 is 0 Å². The van der Waals surface area contributed by atoms with Gasteiger partial charge in [0.25, 0.3) is 0 Å². The number of hydrogen-bond donors (Lipinski definition) is 0. The second kappa shape index (κ2) is 10.6. The van der Waals surface area contributed by atoms with E-state index in [1.807, 2.05) is 4.90 Å². The maximum atomic E-state index is 15.8. The molecule has 2 aromatic carbocycles. The summed E-state index contributed by atoms with van der Waals surface area (Å²) in [5.41, 5.74) is 1.20. The number of carbonyl (C=O) groups is 1. The Bertz CT molecular complexity index is 1080. The lowest BCUT2D eigenvalue weighted by atomic mass is 9.82. The Balaban J connectivity index is 1.41. The van der Waals surface area contributed by atoms with Gasteiger partial charge in [0, 0.05) is 31.1 Å². The summed E-state index contributed by atoms with van der Waals surface area (Å²) in [6.45, 7) is -1.30. The molecule has 1 fully saturated rings. The lowest BCUT2D eigenvalue weighted by Gasteiger charge is -2.37. The molecule has 4 nitrogen and oxygen atoms in total. The number of methoxy groups -OCH3 is 2. The molecule has 1 heterocycles. The summed E-state index contributed by atoms with van der Waals surface area (Å²) in [5.74, 6) is 0.506. The van der Waals surface area contributed by atoms with E-state index in [2.05, 4.69) is 0 Å². The number of halogens is 4. The van der Waals surface area contributed by atoms with Gasteiger partial charge in [0.1, 0.15) is 25.7 Å². The van der Waals surface area contributed by atoms with Crippen LogP contribution in [-0.2, 0) is 33.0 Å². The molecule has 0 radical (unpaired) electrons. The Labute approximate surface area is 203 Å². The van der Waals surface area contributed by atoms with Crippen LogP contribution in [0.1, 0.15) is 57.4 Å². The highest BCUT2D eigenvalue weighted by molar-refractivity contribution is 6.03. The Morgan fingerprint density at radius 3 is 2.20 bits per heavy atom. The number of Topliss-reactive ketones (excluding diaryl/α,β-unsaturated/α-hetero) is 1. The minimum absolute atomic E-state index is 0.0743. The predicted molar refractivity (Wildman–Crippen MR) is 125 cm³/mol. The standard InChI is InChI=1S/C27H31F4NO3/c1-34-24-10-18-9-19(26(33)22(18)11-25(24)35-2)12-27(31)3-5-32(6-4-27)16-21-8-17(13-28)7-20(14-29)23(21)15-30/h7-8,10-11,19H,3-6,9,12-16H2,1-2H3. The molecular weight excluding hydrogens is 462 g/mol. The number of hydrogen-bond acceptors (Lipinski definition) is 4. The zero-order valence-corrected chi connectivity index (χ0v) is 20.1. The van der Waals surface area contributed by atoms with Crippen molar-refractivity contribution in [2.24, 2.45) is 5.92 Å². The maximum Gasteiger partial charge on any atom is 0.166 e. The van der Waals surface area contributed by atoms with E-state index in [-0.39, 0.29) is 36.2 Å². The Hall–Kier alpha value is -2.61. The van der Waals surface area contributed by atoms with Crippen LogP contribution in [0.2, 0.25) is 0 Å². The van der Waals surface area contributed by atoms with Crippen LogP contribution in [0.5, 0.6) is 11.5 Å². The molecule has 0 amide bonds. The molecule has 0 bridgehead atoms. The van der Waals surface area contributed by atoms with Gasteiger partial charge in [0.05, 0.1) is 14.2 Å². The third-order valence-corrected chi connectivity index (χ3v) is 7.40. The molecule has 1 saturated heterocycles. The molecule has 0 aromatic heterocycles. The highest BCUT2D eigenvalue weighted by Crippen LogP contribution is 2.42. The summed E-state index contributed by atoms with van der Waals surface area (Å²) >= 11 is 0. The van der Waals surface area contributed by atoms with E-state index in [1.54, 1.807) is 18.2 Å². The van der Waals surface area contributed by atoms with E-state index in [1.165, 1.54) is 20.3 Å². The number of benzene rings is 2. The van der Waals surface area contributed by atoms with Gasteiger partial charge in [-0.3, -0.25) is 9.69 Å². The van der Waals surface area contributed by atoms with Crippen LogP contribution in [-0.4, -0.2) is 43.7 Å². The Morgan fingerprint density at radius 2 is 1.60 bits per heavy atom. The van der Waals surface area contributed by atoms with Crippen molar-refractivity contribution in [2.45, 2.75) is 57.9 Å².